The largest absolute Gasteiger partial charge is 0.468 e. The first-order valence-electron chi connectivity index (χ1n) is 34.7. The molecule has 30 heteroatoms. The summed E-state index contributed by atoms with van der Waals surface area (Å²) < 4.78 is 68.7. The van der Waals surface area contributed by atoms with E-state index in [1.165, 1.54) is 29.8 Å². The molecule has 6 heterocycles. The van der Waals surface area contributed by atoms with Crippen molar-refractivity contribution in [3.63, 3.8) is 0 Å². The minimum atomic E-state index is -0.634. The Hall–Kier alpha value is -8.33. The molecule has 29 nitrogen and oxygen atoms in total. The maximum Gasteiger partial charge on any atom is 0.325 e. The van der Waals surface area contributed by atoms with E-state index in [0.717, 1.165) is 81.7 Å². The number of benzene rings is 3. The number of fused-ring (bicyclic) bond motifs is 2. The predicted octanol–water partition coefficient (Wildman–Crippen LogP) is 4.29. The second kappa shape index (κ2) is 40.8. The quantitative estimate of drug-likeness (QED) is 0.0263. The molecular formula is C70H97FN14O15. The number of piperidine rings is 3. The van der Waals surface area contributed by atoms with Crippen LogP contribution in [-0.4, -0.2) is 253 Å². The minimum absolute atomic E-state index is 0.0602. The summed E-state index contributed by atoms with van der Waals surface area (Å²) in [6.45, 7) is 13.7. The molecule has 3 fully saturated rings. The second-order valence-corrected chi connectivity index (χ2v) is 24.7. The van der Waals surface area contributed by atoms with Crippen molar-refractivity contribution in [3.05, 3.63) is 89.8 Å². The summed E-state index contributed by atoms with van der Waals surface area (Å²) in [5.74, 6) is -0.912. The summed E-state index contributed by atoms with van der Waals surface area (Å²) in [6, 6.07) is 16.9. The van der Waals surface area contributed by atoms with Crippen LogP contribution in [0.4, 0.5) is 21.7 Å². The third kappa shape index (κ3) is 23.9. The number of carbonyl (C=O) groups is 6. The van der Waals surface area contributed by atoms with Gasteiger partial charge in [0.2, 0.25) is 23.6 Å². The molecule has 3 aromatic heterocycles. The van der Waals surface area contributed by atoms with Gasteiger partial charge in [-0.2, -0.15) is 10.2 Å². The number of rotatable bonds is 43. The van der Waals surface area contributed by atoms with Crippen molar-refractivity contribution in [2.45, 2.75) is 77.3 Å². The molecule has 3 aliphatic rings. The third-order valence-corrected chi connectivity index (χ3v) is 17.7. The number of likely N-dealkylation sites (tertiary alicyclic amines) is 2. The molecule has 0 saturated carbocycles. The lowest BCUT2D eigenvalue weighted by Crippen LogP contribution is -2.42. The number of hydrogen-bond donors (Lipinski definition) is 5. The maximum atomic E-state index is 15.9. The number of halogens is 1. The fraction of sp³-hybridized carbons (Fsp3) is 0.571. The van der Waals surface area contributed by atoms with E-state index in [4.69, 9.17) is 48.6 Å². The molecule has 3 aliphatic heterocycles. The molecule has 0 spiro atoms. The molecule has 6 aromatic rings. The van der Waals surface area contributed by atoms with Crippen LogP contribution in [0.2, 0.25) is 0 Å². The molecular weight excluding hydrogens is 1300 g/mol. The number of esters is 1. The van der Waals surface area contributed by atoms with Crippen LogP contribution in [0.5, 0.6) is 0 Å². The van der Waals surface area contributed by atoms with E-state index in [9.17, 15) is 28.8 Å². The van der Waals surface area contributed by atoms with Gasteiger partial charge in [0.25, 0.3) is 5.91 Å². The number of hydrogen-bond acceptors (Lipinski definition) is 22. The van der Waals surface area contributed by atoms with Crippen molar-refractivity contribution >= 4 is 74.6 Å². The number of nitrogens with two attached hydrogens (primary N) is 1. The second-order valence-electron chi connectivity index (χ2n) is 24.7. The van der Waals surface area contributed by atoms with Crippen molar-refractivity contribution in [3.8, 4) is 11.1 Å². The highest BCUT2D eigenvalue weighted by Crippen LogP contribution is 2.36. The van der Waals surface area contributed by atoms with E-state index in [0.29, 0.717) is 196 Å². The topological polar surface area (TPSA) is 331 Å². The summed E-state index contributed by atoms with van der Waals surface area (Å²) >= 11 is 0. The number of nitrogens with one attached hydrogen (secondary N) is 4. The molecule has 0 atom stereocenters. The SMILES string of the molecule is COC(=O)CNC(=O)CNC(=O)Cn1nc(C)c2c(-c3cc4c(cnn4CC4CCN(CC(=O)NCCOCCOCCOCCOCCOCCOCCOCCOCCC(=O)N5CCC(c6ccc(Nc7nc(N8CCCCC8)cnc7C(N)=O)cc6)CC5)CC4)cc3F)cccc21. The molecule has 0 bridgehead atoms. The first-order valence-corrected chi connectivity index (χ1v) is 34.7. The Morgan fingerprint density at radius 1 is 0.610 bits per heavy atom. The summed E-state index contributed by atoms with van der Waals surface area (Å²) in [7, 11) is 1.21. The number of amides is 5. The summed E-state index contributed by atoms with van der Waals surface area (Å²) in [5.41, 5.74) is 10.7. The van der Waals surface area contributed by atoms with Crippen LogP contribution in [0.25, 0.3) is 32.9 Å². The Morgan fingerprint density at radius 3 is 1.83 bits per heavy atom. The van der Waals surface area contributed by atoms with Crippen molar-refractivity contribution in [2.75, 3.05) is 188 Å². The van der Waals surface area contributed by atoms with Gasteiger partial charge in [-0.05, 0) is 118 Å². The van der Waals surface area contributed by atoms with Gasteiger partial charge in [0.15, 0.2) is 11.5 Å². The van der Waals surface area contributed by atoms with Crippen LogP contribution < -0.4 is 31.9 Å². The lowest BCUT2D eigenvalue weighted by molar-refractivity contribution is -0.141. The molecule has 3 aromatic carbocycles. The van der Waals surface area contributed by atoms with E-state index >= 15 is 4.39 Å². The van der Waals surface area contributed by atoms with Gasteiger partial charge in [0.05, 0.1) is 161 Å². The van der Waals surface area contributed by atoms with Crippen LogP contribution >= 0.6 is 0 Å². The smallest absolute Gasteiger partial charge is 0.325 e. The molecule has 100 heavy (non-hydrogen) atoms. The zero-order chi connectivity index (χ0) is 70.3. The van der Waals surface area contributed by atoms with Gasteiger partial charge in [-0.15, -0.1) is 0 Å². The average molecular weight is 1390 g/mol. The van der Waals surface area contributed by atoms with Gasteiger partial charge < -0.3 is 79.4 Å². The van der Waals surface area contributed by atoms with Crippen LogP contribution in [0.3, 0.4) is 0 Å². The molecule has 9 rings (SSSR count). The summed E-state index contributed by atoms with van der Waals surface area (Å²) in [5, 5.41) is 21.7. The fourth-order valence-corrected chi connectivity index (χ4v) is 12.3. The maximum absolute atomic E-state index is 15.9. The van der Waals surface area contributed by atoms with Crippen LogP contribution in [0, 0.1) is 18.7 Å². The summed E-state index contributed by atoms with van der Waals surface area (Å²) in [6.07, 6.45) is 10.5. The van der Waals surface area contributed by atoms with Gasteiger partial charge in [-0.1, -0.05) is 24.3 Å². The number of ether oxygens (including phenoxy) is 9. The molecule has 5 amide bonds. The first-order chi connectivity index (χ1) is 48.8. The molecule has 0 aliphatic carbocycles. The van der Waals surface area contributed by atoms with Crippen LogP contribution in [0.1, 0.15) is 79.0 Å². The zero-order valence-electron chi connectivity index (χ0n) is 57.6. The fourth-order valence-electron chi connectivity index (χ4n) is 12.3. The highest BCUT2D eigenvalue weighted by Gasteiger charge is 2.27. The zero-order valence-corrected chi connectivity index (χ0v) is 57.6. The predicted molar refractivity (Wildman–Crippen MR) is 369 cm³/mol. The van der Waals surface area contributed by atoms with Crippen molar-refractivity contribution in [2.24, 2.45) is 11.7 Å². The molecule has 0 radical (unpaired) electrons. The molecule has 6 N–H and O–H groups in total. The van der Waals surface area contributed by atoms with Gasteiger partial charge in [-0.3, -0.25) is 43.0 Å². The minimum Gasteiger partial charge on any atom is -0.468 e. The Balaban J connectivity index is 0.510. The number of primary amides is 1. The standard InChI is InChI=1S/C70H97FN14O15/c1-50-67-56(7-6-8-59(67)85(80-50)49-64(88)74-45-62(86)75-46-66(90)92-2)57-42-60-54(41-58(57)71)43-77-84(60)47-51-13-21-81(22-14-51)48-63(87)73-18-26-94-28-30-96-32-34-98-36-38-100-40-39-99-37-35-97-33-31-95-29-27-93-25-17-65(89)83-23-15-53(16-24-83)52-9-11-55(12-10-52)78-70-68(69(72)91)76-44-61(79-70)82-19-4-3-5-20-82/h6-12,41-44,51,53H,3-5,13-40,45-49H2,1-2H3,(H2,72,91)(H,73,87)(H,74,88)(H,75,86)(H,78,79). The number of carbonyl (C=O) groups excluding carboxylic acids is 6. The average Bonchev–Trinajstić information content (AvgIpc) is 1.58. The van der Waals surface area contributed by atoms with Gasteiger partial charge >= 0.3 is 5.97 Å². The number of aryl methyl sites for hydroxylation is 1. The lowest BCUT2D eigenvalue weighted by atomic mass is 9.89. The van der Waals surface area contributed by atoms with Crippen molar-refractivity contribution in [1.29, 1.82) is 0 Å². The lowest BCUT2D eigenvalue weighted by Gasteiger charge is -2.32. The van der Waals surface area contributed by atoms with E-state index < -0.39 is 29.5 Å². The molecule has 544 valence electrons. The van der Waals surface area contributed by atoms with Gasteiger partial charge in [-0.25, -0.2) is 14.4 Å². The van der Waals surface area contributed by atoms with E-state index in [2.05, 4.69) is 63.1 Å². The number of methoxy groups -OCH3 is 1. The Labute approximate surface area is 581 Å². The van der Waals surface area contributed by atoms with Crippen LogP contribution in [0.15, 0.2) is 67.0 Å². The Kier molecular flexibility index (Phi) is 31.0. The van der Waals surface area contributed by atoms with E-state index in [1.807, 2.05) is 33.8 Å². The first kappa shape index (κ1) is 75.9. The van der Waals surface area contributed by atoms with E-state index in [-0.39, 0.29) is 37.1 Å². The monoisotopic (exact) mass is 1390 g/mol. The number of aromatic nitrogens is 6. The normalized spacial score (nSPS) is 14.8. The third-order valence-electron chi connectivity index (χ3n) is 17.7. The summed E-state index contributed by atoms with van der Waals surface area (Å²) in [4.78, 5) is 89.4. The highest BCUT2D eigenvalue weighted by atomic mass is 19.1. The molecule has 3 saturated heterocycles. The number of nitrogens with zero attached hydrogens (tertiary/aromatic N) is 9. The number of anilines is 3. The Bertz CT molecular complexity index is 3580. The van der Waals surface area contributed by atoms with Gasteiger partial charge in [0.1, 0.15) is 24.7 Å². The highest BCUT2D eigenvalue weighted by molar-refractivity contribution is 6.00. The van der Waals surface area contributed by atoms with Gasteiger partial charge in [0, 0.05) is 61.3 Å². The molecule has 0 unspecified atom stereocenters. The van der Waals surface area contributed by atoms with Crippen molar-refractivity contribution < 1.29 is 75.8 Å². The van der Waals surface area contributed by atoms with Crippen LogP contribution in [-0.2, 0) is 79.7 Å². The van der Waals surface area contributed by atoms with E-state index in [1.54, 1.807) is 31.5 Å². The Morgan fingerprint density at radius 2 is 1.21 bits per heavy atom. The van der Waals surface area contributed by atoms with Crippen molar-refractivity contribution in [1.82, 2.24) is 55.3 Å².